The third-order valence-electron chi connectivity index (χ3n) is 5.05. The predicted molar refractivity (Wildman–Crippen MR) is 95.6 cm³/mol. The van der Waals surface area contributed by atoms with Crippen molar-refractivity contribution in [2.45, 2.75) is 31.6 Å². The van der Waals surface area contributed by atoms with Crippen molar-refractivity contribution in [3.05, 3.63) is 64.7 Å². The molecule has 0 aromatic heterocycles. The number of ether oxygens (including phenoxy) is 1. The third-order valence-corrected chi connectivity index (χ3v) is 5.05. The average Bonchev–Trinajstić information content (AvgIpc) is 2.66. The number of alkyl halides is 3. The lowest BCUT2D eigenvalue weighted by molar-refractivity contribution is -0.139. The van der Waals surface area contributed by atoms with Gasteiger partial charge in [0.15, 0.2) is 11.6 Å². The number of amides is 3. The molecule has 1 aliphatic rings. The molecule has 1 saturated heterocycles. The van der Waals surface area contributed by atoms with Crippen LogP contribution in [0.3, 0.4) is 0 Å². The highest BCUT2D eigenvalue weighted by molar-refractivity contribution is 6.01. The molecule has 1 heterocycles. The van der Waals surface area contributed by atoms with Crippen molar-refractivity contribution in [2.24, 2.45) is 0 Å². The number of methoxy groups -OCH3 is 1. The van der Waals surface area contributed by atoms with Crippen molar-refractivity contribution in [2.75, 3.05) is 7.11 Å². The first-order valence-electron chi connectivity index (χ1n) is 8.84. The Morgan fingerprint density at radius 1 is 1.10 bits per heavy atom. The number of nitrogens with zero attached hydrogens (tertiary/aromatic N) is 1. The fourth-order valence-corrected chi connectivity index (χ4v) is 3.54. The number of benzene rings is 2. The van der Waals surface area contributed by atoms with E-state index in [0.29, 0.717) is 6.07 Å². The maximum Gasteiger partial charge on any atom is 0.416 e. The Labute approximate surface area is 168 Å². The SMILES string of the molecule is COc1cccc(C2C(=O)NC(=O)N(Cc3c(F)cccc3C(F)(F)F)C2C)c1F. The fraction of sp³-hybridized carbons (Fsp3) is 0.300. The van der Waals surface area contributed by atoms with Crippen LogP contribution in [0.2, 0.25) is 0 Å². The molecule has 2 unspecified atom stereocenters. The fourth-order valence-electron chi connectivity index (χ4n) is 3.54. The van der Waals surface area contributed by atoms with Crippen molar-refractivity contribution < 1.29 is 36.3 Å². The molecule has 1 N–H and O–H groups in total. The van der Waals surface area contributed by atoms with Crippen LogP contribution in [0.25, 0.3) is 0 Å². The summed E-state index contributed by atoms with van der Waals surface area (Å²) in [5.74, 6) is -4.17. The van der Waals surface area contributed by atoms with Gasteiger partial charge in [0.1, 0.15) is 5.82 Å². The quantitative estimate of drug-likeness (QED) is 0.743. The second-order valence-corrected chi connectivity index (χ2v) is 6.77. The normalized spacial score (nSPS) is 19.6. The molecule has 0 bridgehead atoms. The van der Waals surface area contributed by atoms with E-state index in [1.54, 1.807) is 0 Å². The van der Waals surface area contributed by atoms with Crippen molar-refractivity contribution in [1.82, 2.24) is 10.2 Å². The number of nitrogens with one attached hydrogen (secondary N) is 1. The first kappa shape index (κ1) is 21.5. The van der Waals surface area contributed by atoms with Crippen molar-refractivity contribution >= 4 is 11.9 Å². The lowest BCUT2D eigenvalue weighted by atomic mass is 9.88. The summed E-state index contributed by atoms with van der Waals surface area (Å²) < 4.78 is 73.8. The lowest BCUT2D eigenvalue weighted by Gasteiger charge is -2.39. The van der Waals surface area contributed by atoms with E-state index < -0.39 is 59.4 Å². The summed E-state index contributed by atoms with van der Waals surface area (Å²) in [6.45, 7) is 0.623. The molecule has 0 radical (unpaired) electrons. The topological polar surface area (TPSA) is 58.6 Å². The Morgan fingerprint density at radius 3 is 2.40 bits per heavy atom. The van der Waals surface area contributed by atoms with Crippen molar-refractivity contribution in [3.8, 4) is 5.75 Å². The molecule has 2 aromatic carbocycles. The van der Waals surface area contributed by atoms with E-state index in [9.17, 15) is 31.5 Å². The minimum atomic E-state index is -4.85. The maximum absolute atomic E-state index is 14.7. The third kappa shape index (κ3) is 3.81. The minimum Gasteiger partial charge on any atom is -0.494 e. The van der Waals surface area contributed by atoms with Gasteiger partial charge in [-0.3, -0.25) is 10.1 Å². The first-order chi connectivity index (χ1) is 14.1. The van der Waals surface area contributed by atoms with E-state index in [1.807, 2.05) is 5.32 Å². The van der Waals surface area contributed by atoms with E-state index in [4.69, 9.17) is 4.74 Å². The van der Waals surface area contributed by atoms with Gasteiger partial charge in [0, 0.05) is 17.2 Å². The molecule has 1 fully saturated rings. The molecule has 0 spiro atoms. The molecule has 30 heavy (non-hydrogen) atoms. The number of halogens is 5. The molecular formula is C20H17F5N2O3. The van der Waals surface area contributed by atoms with Gasteiger partial charge in [0.05, 0.1) is 25.1 Å². The van der Waals surface area contributed by atoms with Gasteiger partial charge in [-0.15, -0.1) is 0 Å². The van der Waals surface area contributed by atoms with E-state index in [-0.39, 0.29) is 11.3 Å². The zero-order chi connectivity index (χ0) is 22.2. The van der Waals surface area contributed by atoms with Gasteiger partial charge in [0.25, 0.3) is 0 Å². The Morgan fingerprint density at radius 2 is 1.77 bits per heavy atom. The second-order valence-electron chi connectivity index (χ2n) is 6.77. The van der Waals surface area contributed by atoms with Gasteiger partial charge in [-0.05, 0) is 25.1 Å². The van der Waals surface area contributed by atoms with Crippen LogP contribution >= 0.6 is 0 Å². The van der Waals surface area contributed by atoms with Gasteiger partial charge >= 0.3 is 12.2 Å². The largest absolute Gasteiger partial charge is 0.494 e. The highest BCUT2D eigenvalue weighted by Crippen LogP contribution is 2.37. The van der Waals surface area contributed by atoms with Crippen LogP contribution in [0.15, 0.2) is 36.4 Å². The Bertz CT molecular complexity index is 993. The predicted octanol–water partition coefficient (Wildman–Crippen LogP) is 4.22. The van der Waals surface area contributed by atoms with Gasteiger partial charge in [-0.25, -0.2) is 13.6 Å². The number of carbonyl (C=O) groups is 2. The molecule has 160 valence electrons. The molecule has 3 amide bonds. The van der Waals surface area contributed by atoms with E-state index >= 15 is 0 Å². The second kappa shape index (κ2) is 7.92. The molecule has 1 aliphatic heterocycles. The molecule has 0 aliphatic carbocycles. The number of imide groups is 1. The lowest BCUT2D eigenvalue weighted by Crippen LogP contribution is -2.57. The zero-order valence-electron chi connectivity index (χ0n) is 15.9. The number of carbonyl (C=O) groups excluding carboxylic acids is 2. The smallest absolute Gasteiger partial charge is 0.416 e. The Kier molecular flexibility index (Phi) is 5.69. The van der Waals surface area contributed by atoms with Crippen LogP contribution in [-0.4, -0.2) is 30.0 Å². The summed E-state index contributed by atoms with van der Waals surface area (Å²) in [6, 6.07) is 4.50. The molecule has 2 atom stereocenters. The number of hydrogen-bond donors (Lipinski definition) is 1. The van der Waals surface area contributed by atoms with Crippen LogP contribution in [-0.2, 0) is 17.5 Å². The van der Waals surface area contributed by atoms with Gasteiger partial charge < -0.3 is 9.64 Å². The minimum absolute atomic E-state index is 0.0959. The Balaban J connectivity index is 2.02. The number of urea groups is 1. The highest BCUT2D eigenvalue weighted by atomic mass is 19.4. The number of hydrogen-bond acceptors (Lipinski definition) is 3. The highest BCUT2D eigenvalue weighted by Gasteiger charge is 2.43. The van der Waals surface area contributed by atoms with E-state index in [0.717, 1.165) is 17.0 Å². The van der Waals surface area contributed by atoms with Crippen LogP contribution < -0.4 is 10.1 Å². The monoisotopic (exact) mass is 428 g/mol. The molecule has 5 nitrogen and oxygen atoms in total. The van der Waals surface area contributed by atoms with Gasteiger partial charge in [-0.2, -0.15) is 13.2 Å². The van der Waals surface area contributed by atoms with Gasteiger partial charge in [-0.1, -0.05) is 18.2 Å². The molecular weight excluding hydrogens is 411 g/mol. The van der Waals surface area contributed by atoms with Crippen molar-refractivity contribution in [1.29, 1.82) is 0 Å². The first-order valence-corrected chi connectivity index (χ1v) is 8.84. The summed E-state index contributed by atoms with van der Waals surface area (Å²) in [5, 5.41) is 2.01. The summed E-state index contributed by atoms with van der Waals surface area (Å²) in [4.78, 5) is 25.7. The standard InChI is InChI=1S/C20H17F5N2O3/c1-10-16(11-5-3-8-15(30-2)17(11)22)18(28)26-19(29)27(10)9-12-13(20(23,24)25)6-4-7-14(12)21/h3-8,10,16H,9H2,1-2H3,(H,26,28,29). The van der Waals surface area contributed by atoms with Crippen LogP contribution in [0.4, 0.5) is 26.7 Å². The average molecular weight is 428 g/mol. The van der Waals surface area contributed by atoms with Crippen LogP contribution in [0.1, 0.15) is 29.5 Å². The summed E-state index contributed by atoms with van der Waals surface area (Å²) in [6.07, 6.45) is -4.85. The van der Waals surface area contributed by atoms with E-state index in [2.05, 4.69) is 0 Å². The maximum atomic E-state index is 14.7. The molecule has 2 aromatic rings. The van der Waals surface area contributed by atoms with Crippen molar-refractivity contribution in [3.63, 3.8) is 0 Å². The summed E-state index contributed by atoms with van der Waals surface area (Å²) >= 11 is 0. The number of rotatable bonds is 4. The molecule has 0 saturated carbocycles. The van der Waals surface area contributed by atoms with Crippen LogP contribution in [0, 0.1) is 11.6 Å². The Hall–Kier alpha value is -3.17. The molecule has 10 heteroatoms. The van der Waals surface area contributed by atoms with Crippen LogP contribution in [0.5, 0.6) is 5.75 Å². The zero-order valence-corrected chi connectivity index (χ0v) is 15.9. The summed E-state index contributed by atoms with van der Waals surface area (Å²) in [7, 11) is 1.24. The van der Waals surface area contributed by atoms with Gasteiger partial charge in [0.2, 0.25) is 5.91 Å². The molecule has 3 rings (SSSR count). The summed E-state index contributed by atoms with van der Waals surface area (Å²) in [5.41, 5.74) is -2.07. The van der Waals surface area contributed by atoms with E-state index in [1.165, 1.54) is 32.2 Å².